The molecular weight excluding hydrogens is 463 g/mol. The van der Waals surface area contributed by atoms with Crippen molar-refractivity contribution < 1.29 is 36.6 Å². The first kappa shape index (κ1) is 23.3. The lowest BCUT2D eigenvalue weighted by Gasteiger charge is -2.11. The number of benzene rings is 2. The molecule has 0 aliphatic rings. The molecule has 0 aliphatic heterocycles. The summed E-state index contributed by atoms with van der Waals surface area (Å²) in [5.41, 5.74) is -1.55. The van der Waals surface area contributed by atoms with Gasteiger partial charge in [0.05, 0.1) is 15.6 Å². The predicted octanol–water partition coefficient (Wildman–Crippen LogP) is 6.49. The van der Waals surface area contributed by atoms with Gasteiger partial charge in [0, 0.05) is 17.9 Å². The Morgan fingerprint density at radius 1 is 0.931 bits per heavy atom. The van der Waals surface area contributed by atoms with Gasteiger partial charge in [0.15, 0.2) is 17.3 Å². The standard InChI is InChI=1S/C18H11Cl3F4O4/c19-9-7-11(20)17(12(21)8-9)29-15(27)6-2-5-14(26)28-13-4-1-3-10(16(13)22)18(23,24)25/h1,3-4,7-8H,2,5-6H2. The molecule has 0 aliphatic carbocycles. The van der Waals surface area contributed by atoms with E-state index < -0.39 is 35.2 Å². The fourth-order valence-electron chi connectivity index (χ4n) is 2.15. The Balaban J connectivity index is 1.89. The molecule has 0 bridgehead atoms. The number of rotatable bonds is 6. The zero-order chi connectivity index (χ0) is 21.8. The van der Waals surface area contributed by atoms with Crippen molar-refractivity contribution in [3.63, 3.8) is 0 Å². The first-order chi connectivity index (χ1) is 13.5. The maximum atomic E-state index is 13.8. The molecular formula is C18H11Cl3F4O4. The predicted molar refractivity (Wildman–Crippen MR) is 98.0 cm³/mol. The summed E-state index contributed by atoms with van der Waals surface area (Å²) in [4.78, 5) is 23.6. The summed E-state index contributed by atoms with van der Waals surface area (Å²) in [7, 11) is 0. The van der Waals surface area contributed by atoms with E-state index in [1.807, 2.05) is 0 Å². The van der Waals surface area contributed by atoms with Crippen LogP contribution in [0.1, 0.15) is 24.8 Å². The van der Waals surface area contributed by atoms with E-state index in [-0.39, 0.29) is 40.1 Å². The number of hydrogen-bond donors (Lipinski definition) is 0. The van der Waals surface area contributed by atoms with Gasteiger partial charge in [-0.2, -0.15) is 13.2 Å². The van der Waals surface area contributed by atoms with Crippen LogP contribution in [-0.4, -0.2) is 11.9 Å². The van der Waals surface area contributed by atoms with Crippen LogP contribution >= 0.6 is 34.8 Å². The summed E-state index contributed by atoms with van der Waals surface area (Å²) in [6.45, 7) is 0. The first-order valence-corrected chi connectivity index (χ1v) is 9.04. The van der Waals surface area contributed by atoms with Crippen molar-refractivity contribution in [3.05, 3.63) is 56.8 Å². The van der Waals surface area contributed by atoms with E-state index in [0.717, 1.165) is 12.1 Å². The minimum Gasteiger partial charge on any atom is -0.423 e. The Bertz CT molecular complexity index is 909. The third kappa shape index (κ3) is 6.48. The van der Waals surface area contributed by atoms with Gasteiger partial charge >= 0.3 is 18.1 Å². The molecule has 0 saturated heterocycles. The molecule has 0 heterocycles. The summed E-state index contributed by atoms with van der Waals surface area (Å²) in [5.74, 6) is -4.43. The lowest BCUT2D eigenvalue weighted by molar-refractivity contribution is -0.142. The Hall–Kier alpha value is -2.03. The topological polar surface area (TPSA) is 52.6 Å². The maximum Gasteiger partial charge on any atom is 0.419 e. The number of halogens is 7. The van der Waals surface area contributed by atoms with E-state index in [2.05, 4.69) is 4.74 Å². The average Bonchev–Trinajstić information content (AvgIpc) is 2.59. The molecule has 11 heteroatoms. The summed E-state index contributed by atoms with van der Waals surface area (Å²) >= 11 is 17.5. The van der Waals surface area contributed by atoms with Crippen molar-refractivity contribution in [1.82, 2.24) is 0 Å². The van der Waals surface area contributed by atoms with Gasteiger partial charge in [-0.15, -0.1) is 0 Å². The average molecular weight is 474 g/mol. The fraction of sp³-hybridized carbons (Fsp3) is 0.222. The number of carbonyl (C=O) groups is 2. The summed E-state index contributed by atoms with van der Waals surface area (Å²) in [5, 5.41) is 0.259. The van der Waals surface area contributed by atoms with Gasteiger partial charge in [-0.3, -0.25) is 9.59 Å². The van der Waals surface area contributed by atoms with Crippen LogP contribution in [0.5, 0.6) is 11.5 Å². The van der Waals surface area contributed by atoms with Crippen LogP contribution in [0, 0.1) is 5.82 Å². The van der Waals surface area contributed by atoms with Crippen LogP contribution in [0.2, 0.25) is 15.1 Å². The molecule has 0 radical (unpaired) electrons. The Morgan fingerprint density at radius 2 is 1.48 bits per heavy atom. The highest BCUT2D eigenvalue weighted by molar-refractivity contribution is 6.40. The van der Waals surface area contributed by atoms with Gasteiger partial charge < -0.3 is 9.47 Å². The molecule has 2 aromatic carbocycles. The summed E-state index contributed by atoms with van der Waals surface area (Å²) < 4.78 is 61.4. The van der Waals surface area contributed by atoms with Crippen LogP contribution in [0.4, 0.5) is 17.6 Å². The van der Waals surface area contributed by atoms with E-state index in [1.165, 1.54) is 12.1 Å². The quantitative estimate of drug-likeness (QED) is 0.273. The molecule has 0 N–H and O–H groups in total. The van der Waals surface area contributed by atoms with Gasteiger partial charge in [-0.25, -0.2) is 4.39 Å². The van der Waals surface area contributed by atoms with E-state index in [9.17, 15) is 27.2 Å². The highest BCUT2D eigenvalue weighted by Crippen LogP contribution is 2.36. The fourth-order valence-corrected chi connectivity index (χ4v) is 3.04. The van der Waals surface area contributed by atoms with E-state index >= 15 is 0 Å². The minimum absolute atomic E-state index is 0.00952. The molecule has 4 nitrogen and oxygen atoms in total. The molecule has 0 fully saturated rings. The van der Waals surface area contributed by atoms with Gasteiger partial charge in [0.25, 0.3) is 0 Å². The van der Waals surface area contributed by atoms with Crippen LogP contribution in [0.3, 0.4) is 0 Å². The molecule has 0 atom stereocenters. The summed E-state index contributed by atoms with van der Waals surface area (Å²) in [6, 6.07) is 4.96. The smallest absolute Gasteiger partial charge is 0.419 e. The second-order valence-corrected chi connectivity index (χ2v) is 6.87. The number of carbonyl (C=O) groups excluding carboxylic acids is 2. The van der Waals surface area contributed by atoms with E-state index in [1.54, 1.807) is 0 Å². The number of hydrogen-bond acceptors (Lipinski definition) is 4. The molecule has 2 rings (SSSR count). The largest absolute Gasteiger partial charge is 0.423 e. The van der Waals surface area contributed by atoms with Gasteiger partial charge in [-0.1, -0.05) is 40.9 Å². The first-order valence-electron chi connectivity index (χ1n) is 7.90. The molecule has 0 unspecified atom stereocenters. The number of alkyl halides is 3. The molecule has 0 aromatic heterocycles. The lowest BCUT2D eigenvalue weighted by atomic mass is 10.2. The summed E-state index contributed by atoms with van der Waals surface area (Å²) in [6.07, 6.45) is -5.62. The molecule has 2 aromatic rings. The molecule has 156 valence electrons. The highest BCUT2D eigenvalue weighted by atomic mass is 35.5. The van der Waals surface area contributed by atoms with Crippen LogP contribution in [0.25, 0.3) is 0 Å². The monoisotopic (exact) mass is 472 g/mol. The third-order valence-corrected chi connectivity index (χ3v) is 4.21. The van der Waals surface area contributed by atoms with E-state index in [4.69, 9.17) is 39.5 Å². The highest BCUT2D eigenvalue weighted by Gasteiger charge is 2.35. The van der Waals surface area contributed by atoms with Crippen molar-refractivity contribution in [3.8, 4) is 11.5 Å². The van der Waals surface area contributed by atoms with Crippen molar-refractivity contribution >= 4 is 46.7 Å². The van der Waals surface area contributed by atoms with Crippen molar-refractivity contribution in [2.75, 3.05) is 0 Å². The van der Waals surface area contributed by atoms with Gasteiger partial charge in [-0.05, 0) is 30.7 Å². The SMILES string of the molecule is O=C(CCCC(=O)Oc1c(Cl)cc(Cl)cc1Cl)Oc1cccc(C(F)(F)F)c1F. The Morgan fingerprint density at radius 3 is 2.03 bits per heavy atom. The molecule has 0 amide bonds. The second-order valence-electron chi connectivity index (χ2n) is 5.62. The minimum atomic E-state index is -4.93. The van der Waals surface area contributed by atoms with Crippen molar-refractivity contribution in [1.29, 1.82) is 0 Å². The van der Waals surface area contributed by atoms with Crippen molar-refractivity contribution in [2.24, 2.45) is 0 Å². The zero-order valence-corrected chi connectivity index (χ0v) is 16.6. The van der Waals surface area contributed by atoms with Gasteiger partial charge in [0.2, 0.25) is 0 Å². The van der Waals surface area contributed by atoms with Gasteiger partial charge in [0.1, 0.15) is 0 Å². The maximum absolute atomic E-state index is 13.8. The second kappa shape index (κ2) is 9.65. The zero-order valence-electron chi connectivity index (χ0n) is 14.3. The Kier molecular flexibility index (Phi) is 7.73. The molecule has 29 heavy (non-hydrogen) atoms. The van der Waals surface area contributed by atoms with E-state index in [0.29, 0.717) is 6.07 Å². The third-order valence-electron chi connectivity index (χ3n) is 3.43. The number of ether oxygens (including phenoxy) is 2. The molecule has 0 saturated carbocycles. The van der Waals surface area contributed by atoms with Crippen LogP contribution < -0.4 is 9.47 Å². The number of esters is 2. The van der Waals surface area contributed by atoms with Crippen LogP contribution in [-0.2, 0) is 15.8 Å². The molecule has 0 spiro atoms. The Labute approximate surface area is 177 Å². The normalized spacial score (nSPS) is 11.3. The van der Waals surface area contributed by atoms with Crippen LogP contribution in [0.15, 0.2) is 30.3 Å². The lowest BCUT2D eigenvalue weighted by Crippen LogP contribution is -2.14. The van der Waals surface area contributed by atoms with Crippen molar-refractivity contribution in [2.45, 2.75) is 25.4 Å².